The second-order valence-electron chi connectivity index (χ2n) is 1.71. The third-order valence-electron chi connectivity index (χ3n) is 0.939. The maximum Gasteiger partial charge on any atom is 0.0783 e. The zero-order valence-corrected chi connectivity index (χ0v) is 4.68. The summed E-state index contributed by atoms with van der Waals surface area (Å²) < 4.78 is 1.81. The Balaban J connectivity index is 2.50. The fourth-order valence-corrected chi connectivity index (χ4v) is 0.626. The van der Waals surface area contributed by atoms with E-state index in [1.807, 2.05) is 24.0 Å². The van der Waals surface area contributed by atoms with Crippen molar-refractivity contribution in [1.29, 1.82) is 5.26 Å². The van der Waals surface area contributed by atoms with Crippen molar-refractivity contribution in [2.45, 2.75) is 6.42 Å². The molecule has 0 spiro atoms. The lowest BCUT2D eigenvalue weighted by atomic mass is 10.3. The zero-order valence-electron chi connectivity index (χ0n) is 4.68. The molecule has 0 aliphatic heterocycles. The largest absolute Gasteiger partial charge is 0.301 e. The summed E-state index contributed by atoms with van der Waals surface area (Å²) in [5, 5.41) is 11.1. The van der Waals surface area contributed by atoms with Gasteiger partial charge in [0, 0.05) is 13.2 Å². The van der Waals surface area contributed by atoms with E-state index in [2.05, 4.69) is 5.10 Å². The summed E-state index contributed by atoms with van der Waals surface area (Å²) in [6.45, 7) is 0. The molecule has 0 saturated heterocycles. The van der Waals surface area contributed by atoms with Crippen LogP contribution >= 0.6 is 0 Å². The number of rotatable bonds is 1. The van der Waals surface area contributed by atoms with Crippen LogP contribution in [0.25, 0.3) is 0 Å². The predicted molar refractivity (Wildman–Crippen MR) is 29.1 cm³/mol. The van der Waals surface area contributed by atoms with E-state index >= 15 is 0 Å². The van der Waals surface area contributed by atoms with Gasteiger partial charge >= 0.3 is 0 Å². The molecule has 0 aromatic carbocycles. The van der Waals surface area contributed by atoms with Gasteiger partial charge < -0.3 is 5.10 Å². The van der Waals surface area contributed by atoms with E-state index in [9.17, 15) is 0 Å². The van der Waals surface area contributed by atoms with Crippen LogP contribution in [0.2, 0.25) is 0 Å². The van der Waals surface area contributed by atoms with Crippen molar-refractivity contribution in [2.24, 2.45) is 7.05 Å². The summed E-state index contributed by atoms with van der Waals surface area (Å²) in [5.41, 5.74) is 0.995. The molecule has 1 heterocycles. The van der Waals surface area contributed by atoms with Gasteiger partial charge in [-0.3, -0.25) is 4.68 Å². The Bertz CT molecular complexity index is 188. The monoisotopic (exact) mass is 109 g/mol. The molecule has 0 aliphatic carbocycles. The first-order valence-electron chi connectivity index (χ1n) is 2.40. The van der Waals surface area contributed by atoms with Crippen molar-refractivity contribution in [2.75, 3.05) is 0 Å². The highest BCUT2D eigenvalue weighted by Crippen LogP contribution is 1.93. The molecule has 3 nitrogen and oxygen atoms in total. The molecule has 0 amide bonds. The fourth-order valence-electron chi connectivity index (χ4n) is 0.626. The van der Waals surface area contributed by atoms with Crippen LogP contribution in [0, 0.1) is 11.3 Å². The predicted octanol–water partition coefficient (Wildman–Crippen LogP) is 0.419. The Morgan fingerprint density at radius 3 is 3.00 bits per heavy atom. The molecule has 1 aromatic rings. The maximum atomic E-state index is 8.14. The second-order valence-corrected chi connectivity index (χ2v) is 1.71. The van der Waals surface area contributed by atoms with Crippen LogP contribution in [0.5, 0.6) is 0 Å². The van der Waals surface area contributed by atoms with Crippen LogP contribution in [-0.2, 0) is 13.5 Å². The van der Waals surface area contributed by atoms with Gasteiger partial charge in [-0.05, 0) is 0 Å². The third-order valence-corrected chi connectivity index (χ3v) is 0.939. The number of hydrogen-bond acceptors (Lipinski definition) is 1. The highest BCUT2D eigenvalue weighted by molar-refractivity contribution is 5.02. The molecule has 0 fully saturated rings. The molecule has 0 unspecified atom stereocenters. The maximum absolute atomic E-state index is 8.14. The minimum absolute atomic E-state index is 0.490. The number of aryl methyl sites for hydroxylation is 1. The summed E-state index contributed by atoms with van der Waals surface area (Å²) >= 11 is 0. The minimum Gasteiger partial charge on any atom is -0.301 e. The van der Waals surface area contributed by atoms with Gasteiger partial charge in [-0.25, -0.2) is 0 Å². The van der Waals surface area contributed by atoms with Gasteiger partial charge in [0.2, 0.25) is 0 Å². The molecule has 3 heteroatoms. The molecule has 0 atom stereocenters. The van der Waals surface area contributed by atoms with E-state index in [0.29, 0.717) is 6.42 Å². The molecule has 0 radical (unpaired) electrons. The Kier molecular flexibility index (Phi) is 1.09. The van der Waals surface area contributed by atoms with Gasteiger partial charge in [0.05, 0.1) is 18.2 Å². The minimum atomic E-state index is 0.490. The molecule has 0 bridgehead atoms. The Hall–Kier alpha value is -1.17. The smallest absolute Gasteiger partial charge is 0.0783 e. The van der Waals surface area contributed by atoms with E-state index < -0.39 is 0 Å². The van der Waals surface area contributed by atoms with Crippen LogP contribution in [-0.4, -0.2) is 9.78 Å². The number of H-pyrrole nitrogens is 1. The lowest BCUT2D eigenvalue weighted by molar-refractivity contribution is 0.654. The molecular formula is C5H7N3. The van der Waals surface area contributed by atoms with Gasteiger partial charge in [-0.1, -0.05) is 0 Å². The summed E-state index contributed by atoms with van der Waals surface area (Å²) in [7, 11) is 1.89. The first-order chi connectivity index (χ1) is 3.83. The molecule has 0 aliphatic rings. The molecule has 1 aromatic heterocycles. The van der Waals surface area contributed by atoms with Gasteiger partial charge in [0.1, 0.15) is 0 Å². The third kappa shape index (κ3) is 0.733. The van der Waals surface area contributed by atoms with E-state index in [1.54, 1.807) is 0 Å². The van der Waals surface area contributed by atoms with Gasteiger partial charge in [-0.2, -0.15) is 5.26 Å². The van der Waals surface area contributed by atoms with Crippen molar-refractivity contribution >= 4 is 0 Å². The van der Waals surface area contributed by atoms with E-state index in [1.165, 1.54) is 0 Å². The van der Waals surface area contributed by atoms with Crippen molar-refractivity contribution in [3.8, 4) is 6.07 Å². The quantitative estimate of drug-likeness (QED) is 0.558. The van der Waals surface area contributed by atoms with E-state index in [-0.39, 0.29) is 0 Å². The topological polar surface area (TPSA) is 44.5 Å². The van der Waals surface area contributed by atoms with Crippen molar-refractivity contribution in [3.05, 3.63) is 11.9 Å². The fraction of sp³-hybridized carbons (Fsp3) is 0.400. The number of nitrogens with one attached hydrogen (secondary N) is 1. The molecule has 1 N–H and O–H groups in total. The van der Waals surface area contributed by atoms with Gasteiger partial charge in [0.25, 0.3) is 0 Å². The number of aromatic amines is 1. The SMILES string of the molecule is Cn1cc(CC#N)[nH]1. The summed E-state index contributed by atoms with van der Waals surface area (Å²) in [4.78, 5) is 0. The van der Waals surface area contributed by atoms with Gasteiger partial charge in [0.15, 0.2) is 0 Å². The van der Waals surface area contributed by atoms with Crippen LogP contribution in [0.15, 0.2) is 6.20 Å². The first kappa shape index (κ1) is 4.98. The van der Waals surface area contributed by atoms with Crippen LogP contribution in [0.4, 0.5) is 0 Å². The summed E-state index contributed by atoms with van der Waals surface area (Å²) in [5.74, 6) is 0. The van der Waals surface area contributed by atoms with Crippen molar-refractivity contribution in [1.82, 2.24) is 9.78 Å². The highest BCUT2D eigenvalue weighted by Gasteiger charge is 1.93. The lowest BCUT2D eigenvalue weighted by Crippen LogP contribution is -2.07. The van der Waals surface area contributed by atoms with Crippen LogP contribution in [0.3, 0.4) is 0 Å². The Labute approximate surface area is 47.5 Å². The standard InChI is InChI=1S/C5H7N3/c1-8-4-5(7-8)2-3-6/h4,7H,2H2,1H3. The Morgan fingerprint density at radius 2 is 2.62 bits per heavy atom. The average Bonchev–Trinajstić information content (AvgIpc) is 1.64. The number of hydrogen-bond donors (Lipinski definition) is 1. The van der Waals surface area contributed by atoms with Crippen LogP contribution < -0.4 is 0 Å². The zero-order chi connectivity index (χ0) is 5.98. The number of nitriles is 1. The first-order valence-corrected chi connectivity index (χ1v) is 2.40. The molecular weight excluding hydrogens is 102 g/mol. The van der Waals surface area contributed by atoms with E-state index in [0.717, 1.165) is 5.69 Å². The Morgan fingerprint density at radius 1 is 2.00 bits per heavy atom. The van der Waals surface area contributed by atoms with Gasteiger partial charge in [-0.15, -0.1) is 0 Å². The second kappa shape index (κ2) is 1.74. The van der Waals surface area contributed by atoms with Crippen molar-refractivity contribution < 1.29 is 0 Å². The summed E-state index contributed by atoms with van der Waals surface area (Å²) in [6.07, 6.45) is 2.38. The average molecular weight is 109 g/mol. The molecule has 8 heavy (non-hydrogen) atoms. The number of aromatic nitrogens is 2. The summed E-state index contributed by atoms with van der Waals surface area (Å²) in [6, 6.07) is 2.03. The van der Waals surface area contributed by atoms with E-state index in [4.69, 9.17) is 5.26 Å². The normalized spacial score (nSPS) is 9.00. The number of nitrogens with zero attached hydrogens (tertiary/aromatic N) is 2. The van der Waals surface area contributed by atoms with Crippen LogP contribution in [0.1, 0.15) is 5.69 Å². The van der Waals surface area contributed by atoms with Crippen molar-refractivity contribution in [3.63, 3.8) is 0 Å². The highest BCUT2D eigenvalue weighted by atomic mass is 15.3. The molecule has 42 valence electrons. The lowest BCUT2D eigenvalue weighted by Gasteiger charge is -2.06. The molecule has 0 saturated carbocycles. The molecule has 1 rings (SSSR count).